The van der Waals surface area contributed by atoms with E-state index in [-0.39, 0.29) is 36.1 Å². The van der Waals surface area contributed by atoms with E-state index in [4.69, 9.17) is 21.1 Å². The number of ether oxygens (including phenoxy) is 2. The Bertz CT molecular complexity index is 775. The fraction of sp³-hybridized carbons (Fsp3) is 0.529. The molecule has 1 aliphatic carbocycles. The van der Waals surface area contributed by atoms with Crippen molar-refractivity contribution in [2.45, 2.75) is 31.3 Å². The van der Waals surface area contributed by atoms with Crippen LogP contribution in [0, 0.1) is 0 Å². The zero-order valence-corrected chi connectivity index (χ0v) is 15.7. The second-order valence-corrected chi connectivity index (χ2v) is 9.16. The summed E-state index contributed by atoms with van der Waals surface area (Å²) in [5, 5.41) is 0.555. The van der Waals surface area contributed by atoms with E-state index in [9.17, 15) is 18.0 Å². The summed E-state index contributed by atoms with van der Waals surface area (Å²) < 4.78 is 33.6. The topological polar surface area (TPSA) is 90.0 Å². The molecule has 9 heteroatoms. The minimum atomic E-state index is -3.08. The SMILES string of the molecule is O=C(COc1ccc(Cl)cc1)OCC(=O)N(C1CC1)[C@H]1CCS(=O)(=O)C1. The molecule has 0 aromatic heterocycles. The summed E-state index contributed by atoms with van der Waals surface area (Å²) in [7, 11) is -3.08. The van der Waals surface area contributed by atoms with Gasteiger partial charge in [-0.05, 0) is 43.5 Å². The fourth-order valence-electron chi connectivity index (χ4n) is 2.98. The Kier molecular flexibility index (Phi) is 5.72. The fourth-order valence-corrected chi connectivity index (χ4v) is 4.82. The van der Waals surface area contributed by atoms with Crippen LogP contribution in [0.5, 0.6) is 5.75 Å². The minimum Gasteiger partial charge on any atom is -0.482 e. The summed E-state index contributed by atoms with van der Waals surface area (Å²) in [5.74, 6) is -0.461. The van der Waals surface area contributed by atoms with Gasteiger partial charge in [-0.25, -0.2) is 13.2 Å². The van der Waals surface area contributed by atoms with Crippen molar-refractivity contribution in [3.8, 4) is 5.75 Å². The Morgan fingerprint density at radius 2 is 1.77 bits per heavy atom. The Morgan fingerprint density at radius 1 is 1.08 bits per heavy atom. The molecule has 26 heavy (non-hydrogen) atoms. The summed E-state index contributed by atoms with van der Waals surface area (Å²) >= 11 is 5.76. The molecule has 0 N–H and O–H groups in total. The monoisotopic (exact) mass is 401 g/mol. The third kappa shape index (κ3) is 5.11. The molecule has 7 nitrogen and oxygen atoms in total. The lowest BCUT2D eigenvalue weighted by atomic mass is 10.2. The van der Waals surface area contributed by atoms with Crippen LogP contribution in [0.15, 0.2) is 24.3 Å². The molecule has 2 fully saturated rings. The van der Waals surface area contributed by atoms with E-state index in [1.165, 1.54) is 0 Å². The molecule has 2 aliphatic rings. The Hall–Kier alpha value is -1.80. The van der Waals surface area contributed by atoms with Gasteiger partial charge in [-0.3, -0.25) is 4.79 Å². The van der Waals surface area contributed by atoms with Gasteiger partial charge in [0.1, 0.15) is 5.75 Å². The highest BCUT2D eigenvalue weighted by molar-refractivity contribution is 7.91. The summed E-state index contributed by atoms with van der Waals surface area (Å²) in [4.78, 5) is 25.8. The van der Waals surface area contributed by atoms with Crippen molar-refractivity contribution in [3.05, 3.63) is 29.3 Å². The van der Waals surface area contributed by atoms with Crippen LogP contribution in [0.1, 0.15) is 19.3 Å². The first-order valence-corrected chi connectivity index (χ1v) is 10.6. The van der Waals surface area contributed by atoms with Crippen LogP contribution >= 0.6 is 11.6 Å². The van der Waals surface area contributed by atoms with E-state index in [1.54, 1.807) is 29.2 Å². The molecular formula is C17H20ClNO6S. The van der Waals surface area contributed by atoms with Gasteiger partial charge in [0.15, 0.2) is 23.1 Å². The van der Waals surface area contributed by atoms with Gasteiger partial charge in [0.05, 0.1) is 11.5 Å². The molecule has 0 spiro atoms. The maximum atomic E-state index is 12.4. The zero-order chi connectivity index (χ0) is 18.7. The van der Waals surface area contributed by atoms with E-state index in [2.05, 4.69) is 0 Å². The molecule has 0 radical (unpaired) electrons. The highest BCUT2D eigenvalue weighted by Crippen LogP contribution is 2.32. The van der Waals surface area contributed by atoms with Crippen molar-refractivity contribution < 1.29 is 27.5 Å². The number of sulfone groups is 1. The number of nitrogens with zero attached hydrogens (tertiary/aromatic N) is 1. The van der Waals surface area contributed by atoms with Crippen molar-refractivity contribution in [1.29, 1.82) is 0 Å². The second-order valence-electron chi connectivity index (χ2n) is 6.49. The van der Waals surface area contributed by atoms with E-state index >= 15 is 0 Å². The lowest BCUT2D eigenvalue weighted by molar-refractivity contribution is -0.154. The molecule has 1 saturated carbocycles. The van der Waals surface area contributed by atoms with Crippen LogP contribution in [0.2, 0.25) is 5.02 Å². The third-order valence-corrected chi connectivity index (χ3v) is 6.36. The average Bonchev–Trinajstić information content (AvgIpc) is 3.36. The van der Waals surface area contributed by atoms with Crippen molar-refractivity contribution in [1.82, 2.24) is 4.90 Å². The lowest BCUT2D eigenvalue weighted by Gasteiger charge is -2.28. The molecule has 142 valence electrons. The van der Waals surface area contributed by atoms with Gasteiger partial charge in [0.2, 0.25) is 0 Å². The lowest BCUT2D eigenvalue weighted by Crippen LogP contribution is -2.45. The van der Waals surface area contributed by atoms with E-state index in [0.717, 1.165) is 12.8 Å². The van der Waals surface area contributed by atoms with Gasteiger partial charge in [0, 0.05) is 17.1 Å². The van der Waals surface area contributed by atoms with Crippen LogP contribution < -0.4 is 4.74 Å². The first kappa shape index (κ1) is 19.0. The number of rotatable bonds is 7. The minimum absolute atomic E-state index is 0.0110. The second kappa shape index (κ2) is 7.84. The number of benzene rings is 1. The predicted octanol–water partition coefficient (Wildman–Crippen LogP) is 1.44. The van der Waals surface area contributed by atoms with E-state index in [0.29, 0.717) is 17.2 Å². The van der Waals surface area contributed by atoms with Crippen LogP contribution in [-0.4, -0.2) is 62.0 Å². The van der Waals surface area contributed by atoms with E-state index < -0.39 is 22.4 Å². The summed E-state index contributed by atoms with van der Waals surface area (Å²) in [6.07, 6.45) is 2.16. The average molecular weight is 402 g/mol. The maximum Gasteiger partial charge on any atom is 0.344 e. The Balaban J connectivity index is 1.47. The van der Waals surface area contributed by atoms with Crippen LogP contribution in [0.3, 0.4) is 0 Å². The normalized spacial score (nSPS) is 21.2. The van der Waals surface area contributed by atoms with Gasteiger partial charge in [-0.2, -0.15) is 0 Å². The number of halogens is 1. The number of hydrogen-bond acceptors (Lipinski definition) is 6. The third-order valence-electron chi connectivity index (χ3n) is 4.36. The quantitative estimate of drug-likeness (QED) is 0.642. The van der Waals surface area contributed by atoms with Gasteiger partial charge >= 0.3 is 5.97 Å². The van der Waals surface area contributed by atoms with Crippen LogP contribution in [-0.2, 0) is 24.2 Å². The summed E-state index contributed by atoms with van der Waals surface area (Å²) in [6.45, 7) is -0.730. The first-order chi connectivity index (χ1) is 12.3. The molecule has 1 aliphatic heterocycles. The highest BCUT2D eigenvalue weighted by Gasteiger charge is 2.42. The van der Waals surface area contributed by atoms with Gasteiger partial charge in [0.25, 0.3) is 5.91 Å². The molecule has 0 unspecified atom stereocenters. The predicted molar refractivity (Wildman–Crippen MR) is 94.8 cm³/mol. The largest absolute Gasteiger partial charge is 0.482 e. The number of esters is 1. The molecule has 1 aromatic carbocycles. The van der Waals surface area contributed by atoms with Crippen molar-refractivity contribution in [3.63, 3.8) is 0 Å². The van der Waals surface area contributed by atoms with Gasteiger partial charge < -0.3 is 14.4 Å². The molecule has 1 amide bonds. The zero-order valence-electron chi connectivity index (χ0n) is 14.1. The molecule has 1 atom stereocenters. The summed E-state index contributed by atoms with van der Waals surface area (Å²) in [5.41, 5.74) is 0. The molecule has 3 rings (SSSR count). The molecular weight excluding hydrogens is 382 g/mol. The summed E-state index contributed by atoms with van der Waals surface area (Å²) in [6, 6.07) is 6.25. The smallest absolute Gasteiger partial charge is 0.344 e. The Labute approximate surface area is 157 Å². The molecule has 0 bridgehead atoms. The van der Waals surface area contributed by atoms with E-state index in [1.807, 2.05) is 0 Å². The first-order valence-electron chi connectivity index (χ1n) is 8.39. The highest BCUT2D eigenvalue weighted by atomic mass is 35.5. The maximum absolute atomic E-state index is 12.4. The Morgan fingerprint density at radius 3 is 2.35 bits per heavy atom. The number of carbonyl (C=O) groups is 2. The van der Waals surface area contributed by atoms with Crippen LogP contribution in [0.4, 0.5) is 0 Å². The number of carbonyl (C=O) groups excluding carboxylic acids is 2. The number of hydrogen-bond donors (Lipinski definition) is 0. The molecule has 1 aromatic rings. The molecule has 1 saturated heterocycles. The number of amides is 1. The standard InChI is InChI=1S/C17H20ClNO6S/c18-12-1-5-15(6-2-12)24-10-17(21)25-9-16(20)19(13-3-4-13)14-7-8-26(22,23)11-14/h1-2,5-6,13-14H,3-4,7-11H2/t14-/m0/s1. The van der Waals surface area contributed by atoms with Crippen molar-refractivity contribution in [2.24, 2.45) is 0 Å². The van der Waals surface area contributed by atoms with Crippen LogP contribution in [0.25, 0.3) is 0 Å². The van der Waals surface area contributed by atoms with Gasteiger partial charge in [-0.15, -0.1) is 0 Å². The van der Waals surface area contributed by atoms with Gasteiger partial charge in [-0.1, -0.05) is 11.6 Å². The molecule has 1 heterocycles. The van der Waals surface area contributed by atoms with Crippen molar-refractivity contribution >= 4 is 33.3 Å². The van der Waals surface area contributed by atoms with Crippen molar-refractivity contribution in [2.75, 3.05) is 24.7 Å².